The van der Waals surface area contributed by atoms with E-state index in [2.05, 4.69) is 15.0 Å². The molecule has 0 spiro atoms. The van der Waals surface area contributed by atoms with Gasteiger partial charge >= 0.3 is 18.2 Å². The highest BCUT2D eigenvalue weighted by Crippen LogP contribution is 2.27. The predicted octanol–water partition coefficient (Wildman–Crippen LogP) is 5.78. The Hall–Kier alpha value is -3.44. The van der Waals surface area contributed by atoms with Crippen LogP contribution < -0.4 is 10.1 Å². The van der Waals surface area contributed by atoms with E-state index in [4.69, 9.17) is 16.3 Å². The molecule has 0 heterocycles. The standard InChI is InChI=1S/C23H28ClN5O5S/c1-14-10-17(24)8-9-19(14)25-13-27(4)22(31)28(5)35-29(6)23(32)34-18-11-15(2)20(16(3)12-18)26-21(30)33-7/h8-13H,1-7H3,(H,26,30). The van der Waals surface area contributed by atoms with Crippen molar-refractivity contribution in [3.8, 4) is 5.75 Å². The first-order valence-electron chi connectivity index (χ1n) is 10.3. The number of aliphatic imine (C=N–C) groups is 1. The molecule has 0 saturated heterocycles. The maximum absolute atomic E-state index is 12.7. The van der Waals surface area contributed by atoms with Crippen molar-refractivity contribution in [3.63, 3.8) is 0 Å². The minimum Gasteiger partial charge on any atom is -0.453 e. The molecular weight excluding hydrogens is 494 g/mol. The lowest BCUT2D eigenvalue weighted by atomic mass is 10.1. The van der Waals surface area contributed by atoms with E-state index in [-0.39, 0.29) is 0 Å². The van der Waals surface area contributed by atoms with Gasteiger partial charge in [-0.1, -0.05) is 11.6 Å². The van der Waals surface area contributed by atoms with Gasteiger partial charge in [0.1, 0.15) is 5.75 Å². The molecule has 2 aromatic rings. The number of amides is 4. The summed E-state index contributed by atoms with van der Waals surface area (Å²) in [5.41, 5.74) is 3.52. The van der Waals surface area contributed by atoms with E-state index in [1.54, 1.807) is 51.2 Å². The summed E-state index contributed by atoms with van der Waals surface area (Å²) in [6.45, 7) is 5.40. The number of hydrogen-bond donors (Lipinski definition) is 1. The third-order valence-corrected chi connectivity index (χ3v) is 5.76. The molecule has 0 bridgehead atoms. The smallest absolute Gasteiger partial charge is 0.426 e. The number of ether oxygens (including phenoxy) is 2. The van der Waals surface area contributed by atoms with E-state index >= 15 is 0 Å². The highest BCUT2D eigenvalue weighted by atomic mass is 35.5. The highest BCUT2D eigenvalue weighted by Gasteiger charge is 2.21. The van der Waals surface area contributed by atoms with Crippen LogP contribution in [0.3, 0.4) is 0 Å². The average molecular weight is 522 g/mol. The van der Waals surface area contributed by atoms with Gasteiger partial charge in [-0.25, -0.2) is 23.7 Å². The molecule has 2 rings (SSSR count). The van der Waals surface area contributed by atoms with Crippen molar-refractivity contribution in [1.29, 1.82) is 0 Å². The number of nitrogens with zero attached hydrogens (tertiary/aromatic N) is 4. The third-order valence-electron chi connectivity index (χ3n) is 4.73. The minimum atomic E-state index is -0.685. The second kappa shape index (κ2) is 12.3. The third kappa shape index (κ3) is 7.79. The van der Waals surface area contributed by atoms with Crippen LogP contribution in [0.25, 0.3) is 0 Å². The highest BCUT2D eigenvalue weighted by molar-refractivity contribution is 7.95. The lowest BCUT2D eigenvalue weighted by Crippen LogP contribution is -2.37. The summed E-state index contributed by atoms with van der Waals surface area (Å²) >= 11 is 6.82. The molecule has 0 aliphatic carbocycles. The van der Waals surface area contributed by atoms with Gasteiger partial charge in [0.25, 0.3) is 0 Å². The van der Waals surface area contributed by atoms with Crippen molar-refractivity contribution >= 4 is 59.7 Å². The topological polar surface area (TPSA) is 104 Å². The maximum Gasteiger partial charge on any atom is 0.426 e. The van der Waals surface area contributed by atoms with Crippen LogP contribution in [0.4, 0.5) is 25.8 Å². The fraction of sp³-hybridized carbons (Fsp3) is 0.304. The Morgan fingerprint density at radius 3 is 2.20 bits per heavy atom. The second-order valence-corrected chi connectivity index (χ2v) is 9.26. The Labute approximate surface area is 214 Å². The zero-order chi connectivity index (χ0) is 26.3. The van der Waals surface area contributed by atoms with Crippen LogP contribution in [0.1, 0.15) is 16.7 Å². The summed E-state index contributed by atoms with van der Waals surface area (Å²) in [6, 6.07) is 8.09. The summed E-state index contributed by atoms with van der Waals surface area (Å²) in [6.07, 6.45) is 0.113. The fourth-order valence-electron chi connectivity index (χ4n) is 2.93. The van der Waals surface area contributed by atoms with Crippen molar-refractivity contribution in [3.05, 3.63) is 52.0 Å². The number of hydrogen-bond acceptors (Lipinski definition) is 7. The van der Waals surface area contributed by atoms with E-state index in [0.717, 1.165) is 17.7 Å². The van der Waals surface area contributed by atoms with Gasteiger partial charge in [0.15, 0.2) is 0 Å². The number of carbonyl (C=O) groups is 3. The Kier molecular flexibility index (Phi) is 9.78. The summed E-state index contributed by atoms with van der Waals surface area (Å²) in [5, 5.41) is 3.23. The number of benzene rings is 2. The van der Waals surface area contributed by atoms with Crippen molar-refractivity contribution < 1.29 is 23.9 Å². The van der Waals surface area contributed by atoms with Gasteiger partial charge in [-0.15, -0.1) is 0 Å². The number of aryl methyl sites for hydroxylation is 3. The summed E-state index contributed by atoms with van der Waals surface area (Å²) < 4.78 is 12.5. The molecule has 0 unspecified atom stereocenters. The predicted molar refractivity (Wildman–Crippen MR) is 139 cm³/mol. The number of methoxy groups -OCH3 is 1. The van der Waals surface area contributed by atoms with Gasteiger partial charge < -0.3 is 9.47 Å². The lowest BCUT2D eigenvalue weighted by Gasteiger charge is -2.24. The van der Waals surface area contributed by atoms with Gasteiger partial charge in [-0.2, -0.15) is 0 Å². The molecule has 4 amide bonds. The van der Waals surface area contributed by atoms with Crippen LogP contribution in [0.5, 0.6) is 5.75 Å². The Bertz CT molecular complexity index is 1120. The summed E-state index contributed by atoms with van der Waals surface area (Å²) in [5.74, 6) is 0.296. The van der Waals surface area contributed by atoms with Gasteiger partial charge in [0.2, 0.25) is 0 Å². The van der Waals surface area contributed by atoms with Crippen LogP contribution in [0.15, 0.2) is 35.3 Å². The summed E-state index contributed by atoms with van der Waals surface area (Å²) in [4.78, 5) is 42.3. The molecule has 10 nitrogen and oxygen atoms in total. The number of halogens is 1. The number of nitrogens with one attached hydrogen (secondary N) is 1. The fourth-order valence-corrected chi connectivity index (χ4v) is 3.83. The first kappa shape index (κ1) is 27.8. The lowest BCUT2D eigenvalue weighted by molar-refractivity contribution is 0.185. The molecule has 12 heteroatoms. The average Bonchev–Trinajstić information content (AvgIpc) is 2.79. The number of urea groups is 1. The zero-order valence-electron chi connectivity index (χ0n) is 20.6. The monoisotopic (exact) mass is 521 g/mol. The van der Waals surface area contributed by atoms with Crippen LogP contribution in [0, 0.1) is 20.8 Å². The molecule has 0 saturated carbocycles. The van der Waals surface area contributed by atoms with Gasteiger partial charge in [0.05, 0.1) is 37.0 Å². The van der Waals surface area contributed by atoms with Crippen LogP contribution >= 0.6 is 23.7 Å². The van der Waals surface area contributed by atoms with Crippen molar-refractivity contribution in [2.75, 3.05) is 33.6 Å². The minimum absolute atomic E-state index is 0.296. The molecule has 0 aliphatic rings. The first-order valence-corrected chi connectivity index (χ1v) is 11.4. The second-order valence-electron chi connectivity index (χ2n) is 7.56. The molecule has 1 N–H and O–H groups in total. The number of anilines is 1. The van der Waals surface area contributed by atoms with Crippen LogP contribution in [-0.4, -0.2) is 66.3 Å². The largest absolute Gasteiger partial charge is 0.453 e. The normalized spacial score (nSPS) is 10.6. The molecule has 0 fully saturated rings. The van der Waals surface area contributed by atoms with Crippen LogP contribution in [-0.2, 0) is 4.74 Å². The van der Waals surface area contributed by atoms with E-state index in [1.807, 2.05) is 6.92 Å². The Balaban J connectivity index is 1.98. The first-order chi connectivity index (χ1) is 16.4. The molecule has 0 atom stereocenters. The molecule has 0 aliphatic heterocycles. The number of carbonyl (C=O) groups excluding carboxylic acids is 3. The van der Waals surface area contributed by atoms with Gasteiger partial charge in [0, 0.05) is 26.2 Å². The molecule has 35 heavy (non-hydrogen) atoms. The maximum atomic E-state index is 12.7. The SMILES string of the molecule is COC(=O)Nc1c(C)cc(OC(=O)N(C)SN(C)C(=O)N(C)C=Nc2ccc(Cl)cc2C)cc1C. The van der Waals surface area contributed by atoms with Gasteiger partial charge in [-0.05, 0) is 67.8 Å². The van der Waals surface area contributed by atoms with Crippen molar-refractivity contribution in [2.24, 2.45) is 4.99 Å². The van der Waals surface area contributed by atoms with E-state index in [9.17, 15) is 14.4 Å². The van der Waals surface area contributed by atoms with E-state index < -0.39 is 18.2 Å². The van der Waals surface area contributed by atoms with Gasteiger partial charge in [-0.3, -0.25) is 14.5 Å². The Morgan fingerprint density at radius 1 is 1.00 bits per heavy atom. The van der Waals surface area contributed by atoms with Crippen molar-refractivity contribution in [2.45, 2.75) is 20.8 Å². The van der Waals surface area contributed by atoms with E-state index in [1.165, 1.54) is 41.1 Å². The van der Waals surface area contributed by atoms with Crippen LogP contribution in [0.2, 0.25) is 5.02 Å². The molecule has 2 aromatic carbocycles. The molecule has 188 valence electrons. The molecule has 0 radical (unpaired) electrons. The quantitative estimate of drug-likeness (QED) is 0.293. The molecule has 0 aromatic heterocycles. The van der Waals surface area contributed by atoms with E-state index in [0.29, 0.717) is 33.3 Å². The van der Waals surface area contributed by atoms with Crippen molar-refractivity contribution in [1.82, 2.24) is 13.5 Å². The number of rotatable bonds is 6. The molecular formula is C23H28ClN5O5S. The zero-order valence-corrected chi connectivity index (χ0v) is 22.2. The summed E-state index contributed by atoms with van der Waals surface area (Å²) in [7, 11) is 5.84. The Morgan fingerprint density at radius 2 is 1.63 bits per heavy atom.